The molecule has 1 fully saturated rings. The van der Waals surface area contributed by atoms with Gasteiger partial charge in [0.15, 0.2) is 0 Å². The summed E-state index contributed by atoms with van der Waals surface area (Å²) in [6.07, 6.45) is -0.0871. The molecule has 1 rings (SSSR count). The fourth-order valence-corrected chi connectivity index (χ4v) is 1.10. The number of carbonyl (C=O) groups is 1. The van der Waals surface area contributed by atoms with Crippen molar-refractivity contribution in [1.29, 1.82) is 0 Å². The lowest BCUT2D eigenvalue weighted by molar-refractivity contribution is -0.157. The van der Waals surface area contributed by atoms with E-state index < -0.39 is 18.0 Å². The van der Waals surface area contributed by atoms with E-state index in [1.165, 1.54) is 7.11 Å². The maximum Gasteiger partial charge on any atom is 0.313 e. The molecule has 0 aromatic carbocycles. The Labute approximate surface area is 65.1 Å². The number of aliphatic hydroxyl groups excluding tert-OH is 1. The van der Waals surface area contributed by atoms with Crippen LogP contribution in [0.1, 0.15) is 6.42 Å². The number of hydrogen-bond donors (Lipinski definition) is 1. The van der Waals surface area contributed by atoms with Crippen LogP contribution in [-0.2, 0) is 14.3 Å². The minimum atomic E-state index is -0.601. The molecule has 0 radical (unpaired) electrons. The monoisotopic (exact) mass is 160 g/mol. The normalized spacial score (nSPS) is 31.5. The van der Waals surface area contributed by atoms with Gasteiger partial charge in [-0.1, -0.05) is 0 Å². The second kappa shape index (κ2) is 3.69. The van der Waals surface area contributed by atoms with Gasteiger partial charge in [-0.3, -0.25) is 4.79 Å². The smallest absolute Gasteiger partial charge is 0.313 e. The molecule has 11 heavy (non-hydrogen) atoms. The Morgan fingerprint density at radius 2 is 2.45 bits per heavy atom. The Hall–Kier alpha value is -0.610. The summed E-state index contributed by atoms with van der Waals surface area (Å²) < 4.78 is 9.50. The van der Waals surface area contributed by atoms with Crippen LogP contribution in [0.15, 0.2) is 0 Å². The first kappa shape index (κ1) is 8.49. The van der Waals surface area contributed by atoms with Crippen LogP contribution in [0, 0.1) is 5.92 Å². The molecule has 2 atom stereocenters. The number of rotatable bonds is 1. The Bertz CT molecular complexity index is 145. The van der Waals surface area contributed by atoms with Crippen LogP contribution in [0.25, 0.3) is 0 Å². The molecule has 1 N–H and O–H groups in total. The first-order chi connectivity index (χ1) is 5.25. The SMILES string of the molecule is COC(=O)[C@H]1COCC[C@H]1O. The molecule has 1 heterocycles. The van der Waals surface area contributed by atoms with Crippen molar-refractivity contribution in [1.82, 2.24) is 0 Å². The molecule has 1 saturated heterocycles. The summed E-state index contributed by atoms with van der Waals surface area (Å²) in [5.74, 6) is -0.883. The molecular formula is C7H12O4. The topological polar surface area (TPSA) is 55.8 Å². The van der Waals surface area contributed by atoms with Crippen molar-refractivity contribution in [2.45, 2.75) is 12.5 Å². The third kappa shape index (κ3) is 1.91. The lowest BCUT2D eigenvalue weighted by Crippen LogP contribution is -2.37. The van der Waals surface area contributed by atoms with Crippen molar-refractivity contribution < 1.29 is 19.4 Å². The lowest BCUT2D eigenvalue weighted by atomic mass is 9.99. The van der Waals surface area contributed by atoms with Gasteiger partial charge < -0.3 is 14.6 Å². The summed E-state index contributed by atoms with van der Waals surface area (Å²) in [5, 5.41) is 9.29. The van der Waals surface area contributed by atoms with Crippen LogP contribution in [0.2, 0.25) is 0 Å². The van der Waals surface area contributed by atoms with E-state index in [9.17, 15) is 9.90 Å². The van der Waals surface area contributed by atoms with Crippen LogP contribution >= 0.6 is 0 Å². The largest absolute Gasteiger partial charge is 0.469 e. The molecule has 0 saturated carbocycles. The number of ether oxygens (including phenoxy) is 2. The van der Waals surface area contributed by atoms with Gasteiger partial charge in [0.25, 0.3) is 0 Å². The maximum absolute atomic E-state index is 10.9. The zero-order chi connectivity index (χ0) is 8.27. The quantitative estimate of drug-likeness (QED) is 0.528. The minimum Gasteiger partial charge on any atom is -0.469 e. The highest BCUT2D eigenvalue weighted by Crippen LogP contribution is 2.15. The minimum absolute atomic E-state index is 0.272. The average Bonchev–Trinajstić information content (AvgIpc) is 2.04. The zero-order valence-corrected chi connectivity index (χ0v) is 6.45. The van der Waals surface area contributed by atoms with Gasteiger partial charge >= 0.3 is 5.97 Å². The number of esters is 1. The molecule has 0 amide bonds. The second-order valence-corrected chi connectivity index (χ2v) is 2.56. The van der Waals surface area contributed by atoms with Crippen molar-refractivity contribution >= 4 is 5.97 Å². The van der Waals surface area contributed by atoms with Crippen molar-refractivity contribution in [3.63, 3.8) is 0 Å². The van der Waals surface area contributed by atoms with Gasteiger partial charge in [-0.25, -0.2) is 0 Å². The first-order valence-electron chi connectivity index (χ1n) is 3.59. The van der Waals surface area contributed by atoms with Crippen LogP contribution < -0.4 is 0 Å². The Kier molecular flexibility index (Phi) is 2.84. The molecule has 0 aromatic heterocycles. The second-order valence-electron chi connectivity index (χ2n) is 2.56. The molecule has 0 unspecified atom stereocenters. The molecule has 4 nitrogen and oxygen atoms in total. The summed E-state index contributed by atoms with van der Waals surface area (Å²) in [7, 11) is 1.31. The van der Waals surface area contributed by atoms with E-state index >= 15 is 0 Å². The standard InChI is InChI=1S/C7H12O4/c1-10-7(9)5-4-11-3-2-6(5)8/h5-6,8H,2-4H2,1H3/t5-,6+/m0/s1. The van der Waals surface area contributed by atoms with E-state index in [2.05, 4.69) is 4.74 Å². The van der Waals surface area contributed by atoms with Crippen molar-refractivity contribution in [2.24, 2.45) is 5.92 Å². The predicted octanol–water partition coefficient (Wildman–Crippen LogP) is -0.443. The fraction of sp³-hybridized carbons (Fsp3) is 0.857. The van der Waals surface area contributed by atoms with Gasteiger partial charge in [0, 0.05) is 6.61 Å². The van der Waals surface area contributed by atoms with Crippen LogP contribution in [-0.4, -0.2) is 37.5 Å². The number of carbonyl (C=O) groups excluding carboxylic acids is 1. The molecule has 1 aliphatic rings. The third-order valence-electron chi connectivity index (χ3n) is 1.82. The van der Waals surface area contributed by atoms with Gasteiger partial charge in [0.1, 0.15) is 5.92 Å². The average molecular weight is 160 g/mol. The maximum atomic E-state index is 10.9. The zero-order valence-electron chi connectivity index (χ0n) is 6.45. The summed E-state index contributed by atoms with van der Waals surface area (Å²) >= 11 is 0. The summed E-state index contributed by atoms with van der Waals surface area (Å²) in [4.78, 5) is 10.9. The van der Waals surface area contributed by atoms with Gasteiger partial charge in [0.2, 0.25) is 0 Å². The van der Waals surface area contributed by atoms with E-state index in [0.717, 1.165) is 0 Å². The van der Waals surface area contributed by atoms with Crippen LogP contribution in [0.4, 0.5) is 0 Å². The Balaban J connectivity index is 2.47. The summed E-state index contributed by atoms with van der Waals surface area (Å²) in [5.41, 5.74) is 0. The van der Waals surface area contributed by atoms with E-state index in [1.54, 1.807) is 0 Å². The highest BCUT2D eigenvalue weighted by molar-refractivity contribution is 5.73. The van der Waals surface area contributed by atoms with Gasteiger partial charge in [-0.05, 0) is 6.42 Å². The lowest BCUT2D eigenvalue weighted by Gasteiger charge is -2.25. The van der Waals surface area contributed by atoms with Crippen molar-refractivity contribution in [3.05, 3.63) is 0 Å². The van der Waals surface area contributed by atoms with E-state index in [4.69, 9.17) is 4.74 Å². The van der Waals surface area contributed by atoms with Gasteiger partial charge in [-0.2, -0.15) is 0 Å². The fourth-order valence-electron chi connectivity index (χ4n) is 1.10. The Morgan fingerprint density at radius 1 is 1.73 bits per heavy atom. The number of methoxy groups -OCH3 is 1. The molecule has 0 spiro atoms. The van der Waals surface area contributed by atoms with Gasteiger partial charge in [-0.15, -0.1) is 0 Å². The predicted molar refractivity (Wildman–Crippen MR) is 36.9 cm³/mol. The van der Waals surface area contributed by atoms with E-state index in [0.29, 0.717) is 13.0 Å². The van der Waals surface area contributed by atoms with E-state index in [-0.39, 0.29) is 6.61 Å². The highest BCUT2D eigenvalue weighted by atomic mass is 16.5. The van der Waals surface area contributed by atoms with E-state index in [1.807, 2.05) is 0 Å². The molecule has 0 aliphatic carbocycles. The highest BCUT2D eigenvalue weighted by Gasteiger charge is 2.30. The molecule has 0 aromatic rings. The van der Waals surface area contributed by atoms with Crippen LogP contribution in [0.3, 0.4) is 0 Å². The molecular weight excluding hydrogens is 148 g/mol. The number of aliphatic hydroxyl groups is 1. The summed E-state index contributed by atoms with van der Waals surface area (Å²) in [6.45, 7) is 0.794. The number of hydrogen-bond acceptors (Lipinski definition) is 4. The van der Waals surface area contributed by atoms with Crippen molar-refractivity contribution in [3.8, 4) is 0 Å². The molecule has 64 valence electrons. The van der Waals surface area contributed by atoms with Gasteiger partial charge in [0.05, 0.1) is 19.8 Å². The molecule has 1 aliphatic heterocycles. The molecule has 4 heteroatoms. The summed E-state index contributed by atoms with van der Waals surface area (Å²) in [6, 6.07) is 0. The van der Waals surface area contributed by atoms with Crippen molar-refractivity contribution in [2.75, 3.05) is 20.3 Å². The first-order valence-corrected chi connectivity index (χ1v) is 3.59. The van der Waals surface area contributed by atoms with Crippen LogP contribution in [0.5, 0.6) is 0 Å². The third-order valence-corrected chi connectivity index (χ3v) is 1.82. The molecule has 0 bridgehead atoms. The Morgan fingerprint density at radius 3 is 3.00 bits per heavy atom.